The highest BCUT2D eigenvalue weighted by atomic mass is 19.1. The molecule has 1 aliphatic rings. The Balaban J connectivity index is 1.49. The van der Waals surface area contributed by atoms with Crippen LogP contribution in [0.3, 0.4) is 0 Å². The van der Waals surface area contributed by atoms with Crippen molar-refractivity contribution in [2.75, 3.05) is 11.9 Å². The van der Waals surface area contributed by atoms with Crippen molar-refractivity contribution in [3.8, 4) is 0 Å². The Kier molecular flexibility index (Phi) is 5.37. The number of amides is 2. The van der Waals surface area contributed by atoms with E-state index in [1.165, 1.54) is 27.7 Å². The molecular weight excluding hydrogens is 408 g/mol. The monoisotopic (exact) mass is 427 g/mol. The van der Waals surface area contributed by atoms with E-state index in [2.05, 4.69) is 10.4 Å². The van der Waals surface area contributed by atoms with Gasteiger partial charge in [0.2, 0.25) is 11.7 Å². The second kappa shape index (κ2) is 8.13. The zero-order chi connectivity index (χ0) is 22.1. The van der Waals surface area contributed by atoms with Crippen molar-refractivity contribution in [2.45, 2.75) is 26.6 Å². The molecule has 1 aromatic heterocycles. The first-order valence-electron chi connectivity index (χ1n) is 9.60. The topological polar surface area (TPSA) is 89.2 Å². The molecule has 0 aliphatic carbocycles. The van der Waals surface area contributed by atoms with Gasteiger partial charge in [-0.1, -0.05) is 24.3 Å². The Morgan fingerprint density at radius 1 is 1.10 bits per heavy atom. The smallest absolute Gasteiger partial charge is 0.330 e. The summed E-state index contributed by atoms with van der Waals surface area (Å²) in [5, 5.41) is 6.51. The number of halogens is 2. The lowest BCUT2D eigenvalue weighted by atomic mass is 10.2. The summed E-state index contributed by atoms with van der Waals surface area (Å²) in [6.07, 6.45) is 0. The molecule has 2 heterocycles. The first-order chi connectivity index (χ1) is 14.8. The van der Waals surface area contributed by atoms with E-state index in [1.807, 2.05) is 0 Å². The summed E-state index contributed by atoms with van der Waals surface area (Å²) in [7, 11) is 0. The molecule has 0 bridgehead atoms. The van der Waals surface area contributed by atoms with Crippen molar-refractivity contribution < 1.29 is 18.4 Å². The van der Waals surface area contributed by atoms with Gasteiger partial charge in [-0.05, 0) is 30.7 Å². The number of carbonyl (C=O) groups is 2. The fourth-order valence-corrected chi connectivity index (χ4v) is 3.36. The number of aromatic nitrogens is 3. The lowest BCUT2D eigenvalue weighted by molar-refractivity contribution is -0.117. The Hall–Kier alpha value is -3.82. The minimum absolute atomic E-state index is 0.0477. The Labute approximate surface area is 175 Å². The molecule has 1 aliphatic heterocycles. The number of hydrogen-bond acceptors (Lipinski definition) is 4. The largest absolute Gasteiger partial charge is 0.346 e. The molecule has 0 unspecified atom stereocenters. The fraction of sp³-hybridized carbons (Fsp3) is 0.238. The van der Waals surface area contributed by atoms with Crippen molar-refractivity contribution in [3.63, 3.8) is 0 Å². The van der Waals surface area contributed by atoms with Gasteiger partial charge in [-0.15, -0.1) is 5.10 Å². The molecule has 0 spiro atoms. The second-order valence-corrected chi connectivity index (χ2v) is 7.25. The number of anilines is 1. The Bertz CT molecular complexity index is 1230. The highest BCUT2D eigenvalue weighted by Gasteiger charge is 2.30. The molecule has 31 heavy (non-hydrogen) atoms. The van der Waals surface area contributed by atoms with Crippen LogP contribution in [-0.2, 0) is 24.4 Å². The molecule has 0 saturated carbocycles. The summed E-state index contributed by atoms with van der Waals surface area (Å²) in [5.41, 5.74) is 0.446. The van der Waals surface area contributed by atoms with Crippen LogP contribution < -0.4 is 11.0 Å². The zero-order valence-electron chi connectivity index (χ0n) is 16.6. The van der Waals surface area contributed by atoms with E-state index in [0.717, 1.165) is 4.68 Å². The SMILES string of the molecule is Cc1ccc(NC(=O)Cn2nc3n(c2=O)CCN(Cc2ccccc2F)C3=O)cc1F. The normalized spacial score (nSPS) is 13.3. The molecule has 3 aromatic rings. The van der Waals surface area contributed by atoms with E-state index in [9.17, 15) is 23.2 Å². The molecule has 0 atom stereocenters. The van der Waals surface area contributed by atoms with Gasteiger partial charge in [-0.25, -0.2) is 18.3 Å². The molecule has 2 amide bonds. The van der Waals surface area contributed by atoms with Crippen LogP contribution in [-0.4, -0.2) is 37.6 Å². The van der Waals surface area contributed by atoms with Gasteiger partial charge in [0.25, 0.3) is 5.91 Å². The molecule has 8 nitrogen and oxygen atoms in total. The lowest BCUT2D eigenvalue weighted by Gasteiger charge is -2.26. The van der Waals surface area contributed by atoms with E-state index < -0.39 is 35.7 Å². The number of hydrogen-bond donors (Lipinski definition) is 1. The molecule has 4 rings (SSSR count). The van der Waals surface area contributed by atoms with Gasteiger partial charge in [-0.2, -0.15) is 0 Å². The maximum absolute atomic E-state index is 13.9. The number of carbonyl (C=O) groups excluding carboxylic acids is 2. The van der Waals surface area contributed by atoms with Crippen LogP contribution in [0.2, 0.25) is 0 Å². The van der Waals surface area contributed by atoms with Crippen molar-refractivity contribution >= 4 is 17.5 Å². The summed E-state index contributed by atoms with van der Waals surface area (Å²) >= 11 is 0. The van der Waals surface area contributed by atoms with Gasteiger partial charge < -0.3 is 10.2 Å². The van der Waals surface area contributed by atoms with E-state index >= 15 is 0 Å². The van der Waals surface area contributed by atoms with Gasteiger partial charge in [0.15, 0.2) is 0 Å². The van der Waals surface area contributed by atoms with E-state index in [0.29, 0.717) is 11.1 Å². The van der Waals surface area contributed by atoms with Crippen LogP contribution >= 0.6 is 0 Å². The first-order valence-corrected chi connectivity index (χ1v) is 9.60. The Morgan fingerprint density at radius 3 is 2.61 bits per heavy atom. The third-order valence-electron chi connectivity index (χ3n) is 5.06. The van der Waals surface area contributed by atoms with Crippen molar-refractivity contribution in [2.24, 2.45) is 0 Å². The molecule has 10 heteroatoms. The van der Waals surface area contributed by atoms with Gasteiger partial charge >= 0.3 is 5.69 Å². The number of aryl methyl sites for hydroxylation is 1. The quantitative estimate of drug-likeness (QED) is 0.674. The van der Waals surface area contributed by atoms with E-state index in [1.54, 1.807) is 31.2 Å². The Morgan fingerprint density at radius 2 is 1.87 bits per heavy atom. The van der Waals surface area contributed by atoms with Crippen molar-refractivity contribution in [1.82, 2.24) is 19.2 Å². The second-order valence-electron chi connectivity index (χ2n) is 7.25. The van der Waals surface area contributed by atoms with Crippen LogP contribution in [0.5, 0.6) is 0 Å². The number of nitrogens with zero attached hydrogens (tertiary/aromatic N) is 4. The highest BCUT2D eigenvalue weighted by Crippen LogP contribution is 2.16. The van der Waals surface area contributed by atoms with Crippen LogP contribution in [0.15, 0.2) is 47.3 Å². The van der Waals surface area contributed by atoms with Crippen LogP contribution in [0.25, 0.3) is 0 Å². The first kappa shape index (κ1) is 20.5. The molecule has 2 aromatic carbocycles. The molecule has 0 radical (unpaired) electrons. The molecule has 1 N–H and O–H groups in total. The van der Waals surface area contributed by atoms with Gasteiger partial charge in [0.05, 0.1) is 0 Å². The standard InChI is InChI=1S/C21H19F2N5O3/c1-13-6-7-15(10-17(13)23)24-18(29)12-28-21(31)27-9-8-26(20(30)19(27)25-28)11-14-4-2-3-5-16(14)22/h2-7,10H,8-9,11-12H2,1H3,(H,24,29). The third kappa shape index (κ3) is 4.09. The summed E-state index contributed by atoms with van der Waals surface area (Å²) in [5.74, 6) is -2.11. The highest BCUT2D eigenvalue weighted by molar-refractivity contribution is 5.92. The van der Waals surface area contributed by atoms with E-state index in [4.69, 9.17) is 0 Å². The number of benzene rings is 2. The number of nitrogens with one attached hydrogen (secondary N) is 1. The van der Waals surface area contributed by atoms with Crippen molar-refractivity contribution in [1.29, 1.82) is 0 Å². The van der Waals surface area contributed by atoms with Crippen LogP contribution in [0.4, 0.5) is 14.5 Å². The number of rotatable bonds is 5. The molecule has 0 saturated heterocycles. The fourth-order valence-electron chi connectivity index (χ4n) is 3.36. The average Bonchev–Trinajstić information content (AvgIpc) is 3.05. The van der Waals surface area contributed by atoms with Crippen LogP contribution in [0.1, 0.15) is 21.7 Å². The minimum Gasteiger partial charge on any atom is -0.330 e. The predicted octanol–water partition coefficient (Wildman–Crippen LogP) is 1.93. The van der Waals surface area contributed by atoms with E-state index in [-0.39, 0.29) is 31.1 Å². The van der Waals surface area contributed by atoms with Gasteiger partial charge in [0, 0.05) is 30.9 Å². The number of fused-ring (bicyclic) bond motifs is 1. The van der Waals surface area contributed by atoms with Gasteiger partial charge in [-0.3, -0.25) is 14.2 Å². The van der Waals surface area contributed by atoms with Gasteiger partial charge in [0.1, 0.15) is 18.2 Å². The lowest BCUT2D eigenvalue weighted by Crippen LogP contribution is -2.42. The average molecular weight is 427 g/mol. The maximum atomic E-state index is 13.9. The molecule has 0 fully saturated rings. The predicted molar refractivity (Wildman–Crippen MR) is 107 cm³/mol. The minimum atomic E-state index is -0.598. The molecule has 160 valence electrons. The summed E-state index contributed by atoms with van der Waals surface area (Å²) in [6, 6.07) is 10.4. The summed E-state index contributed by atoms with van der Waals surface area (Å²) in [4.78, 5) is 39.0. The van der Waals surface area contributed by atoms with Crippen molar-refractivity contribution in [3.05, 3.63) is 81.5 Å². The maximum Gasteiger partial charge on any atom is 0.346 e. The summed E-state index contributed by atoms with van der Waals surface area (Å²) < 4.78 is 29.7. The zero-order valence-corrected chi connectivity index (χ0v) is 16.6. The van der Waals surface area contributed by atoms with Crippen LogP contribution in [0, 0.1) is 18.6 Å². The summed E-state index contributed by atoms with van der Waals surface area (Å²) in [6.45, 7) is 1.60. The molecular formula is C21H19F2N5O3. The third-order valence-corrected chi connectivity index (χ3v) is 5.06.